The maximum atomic E-state index is 12.6. The Bertz CT molecular complexity index is 627. The van der Waals surface area contributed by atoms with Crippen molar-refractivity contribution in [2.24, 2.45) is 11.8 Å². The van der Waals surface area contributed by atoms with Crippen LogP contribution in [0.2, 0.25) is 0 Å². The van der Waals surface area contributed by atoms with E-state index in [0.717, 1.165) is 24.2 Å². The van der Waals surface area contributed by atoms with Gasteiger partial charge in [-0.15, -0.1) is 0 Å². The van der Waals surface area contributed by atoms with Gasteiger partial charge < -0.3 is 15.2 Å². The van der Waals surface area contributed by atoms with Gasteiger partial charge in [-0.1, -0.05) is 32.0 Å². The zero-order valence-corrected chi connectivity index (χ0v) is 13.5. The first kappa shape index (κ1) is 15.8. The summed E-state index contributed by atoms with van der Waals surface area (Å²) in [5.74, 6) is -0.190. The number of para-hydroxylation sites is 1. The molecule has 1 fully saturated rings. The van der Waals surface area contributed by atoms with E-state index < -0.39 is 12.0 Å². The number of carboxylic acid groups (broad SMARTS) is 1. The quantitative estimate of drug-likeness (QED) is 0.874. The monoisotopic (exact) mass is 317 g/mol. The highest BCUT2D eigenvalue weighted by Crippen LogP contribution is 2.60. The lowest BCUT2D eigenvalue weighted by Gasteiger charge is -2.27. The second kappa shape index (κ2) is 5.87. The Hall–Kier alpha value is -2.04. The number of carboxylic acids is 1. The Morgan fingerprint density at radius 3 is 2.83 bits per heavy atom. The van der Waals surface area contributed by atoms with Crippen LogP contribution in [0.4, 0.5) is 0 Å². The van der Waals surface area contributed by atoms with Crippen LogP contribution in [0.3, 0.4) is 0 Å². The molecule has 1 aromatic rings. The lowest BCUT2D eigenvalue weighted by atomic mass is 9.87. The van der Waals surface area contributed by atoms with E-state index in [4.69, 9.17) is 4.74 Å². The van der Waals surface area contributed by atoms with Crippen molar-refractivity contribution in [2.75, 3.05) is 6.61 Å². The van der Waals surface area contributed by atoms with Crippen molar-refractivity contribution in [1.82, 2.24) is 5.32 Å². The van der Waals surface area contributed by atoms with Crippen LogP contribution >= 0.6 is 0 Å². The minimum atomic E-state index is -0.964. The van der Waals surface area contributed by atoms with E-state index in [1.54, 1.807) is 0 Å². The zero-order chi connectivity index (χ0) is 16.6. The van der Waals surface area contributed by atoms with Gasteiger partial charge in [-0.25, -0.2) is 4.79 Å². The number of ether oxygens (including phenoxy) is 1. The van der Waals surface area contributed by atoms with E-state index in [-0.39, 0.29) is 23.2 Å². The zero-order valence-electron chi connectivity index (χ0n) is 13.5. The van der Waals surface area contributed by atoms with Crippen LogP contribution < -0.4 is 10.1 Å². The molecule has 5 heteroatoms. The fourth-order valence-corrected chi connectivity index (χ4v) is 3.67. The van der Waals surface area contributed by atoms with Gasteiger partial charge in [0, 0.05) is 16.9 Å². The van der Waals surface area contributed by atoms with Gasteiger partial charge in [-0.3, -0.25) is 4.79 Å². The first-order chi connectivity index (χ1) is 10.9. The molecule has 3 atom stereocenters. The molecule has 0 bridgehead atoms. The first-order valence-corrected chi connectivity index (χ1v) is 8.19. The van der Waals surface area contributed by atoms with Crippen LogP contribution in [0, 0.1) is 11.8 Å². The number of carbonyl (C=O) groups is 2. The summed E-state index contributed by atoms with van der Waals surface area (Å²) in [6.07, 6.45) is 2.03. The molecule has 0 unspecified atom stereocenters. The lowest BCUT2D eigenvalue weighted by Crippen LogP contribution is -2.43. The highest BCUT2D eigenvalue weighted by Gasteiger charge is 2.61. The van der Waals surface area contributed by atoms with Crippen LogP contribution in [0.1, 0.15) is 38.7 Å². The first-order valence-electron chi connectivity index (χ1n) is 8.19. The van der Waals surface area contributed by atoms with Gasteiger partial charge in [-0.05, 0) is 31.2 Å². The number of nitrogens with one attached hydrogen (secondary N) is 1. The molecule has 23 heavy (non-hydrogen) atoms. The molecule has 124 valence electrons. The summed E-state index contributed by atoms with van der Waals surface area (Å²) in [6, 6.07) is 7.03. The summed E-state index contributed by atoms with van der Waals surface area (Å²) >= 11 is 0. The van der Waals surface area contributed by atoms with E-state index in [1.807, 2.05) is 38.1 Å². The third-order valence-electron chi connectivity index (χ3n) is 4.94. The molecule has 1 aliphatic carbocycles. The minimum absolute atomic E-state index is 0.144. The molecule has 1 spiro atoms. The van der Waals surface area contributed by atoms with Crippen LogP contribution in [0.15, 0.2) is 24.3 Å². The summed E-state index contributed by atoms with van der Waals surface area (Å²) in [5.41, 5.74) is 0.918. The molecule has 1 amide bonds. The summed E-state index contributed by atoms with van der Waals surface area (Å²) in [7, 11) is 0. The average Bonchev–Trinajstić information content (AvgIpc) is 3.21. The summed E-state index contributed by atoms with van der Waals surface area (Å²) in [4.78, 5) is 23.9. The third-order valence-corrected chi connectivity index (χ3v) is 4.94. The fraction of sp³-hybridized carbons (Fsp3) is 0.556. The van der Waals surface area contributed by atoms with Crippen LogP contribution in [0.25, 0.3) is 0 Å². The molecular formula is C18H23NO4. The molecule has 1 aromatic carbocycles. The lowest BCUT2D eigenvalue weighted by molar-refractivity contribution is -0.142. The smallest absolute Gasteiger partial charge is 0.326 e. The maximum absolute atomic E-state index is 12.6. The highest BCUT2D eigenvalue weighted by atomic mass is 16.5. The molecule has 2 N–H and O–H groups in total. The van der Waals surface area contributed by atoms with Gasteiger partial charge >= 0.3 is 5.97 Å². The van der Waals surface area contributed by atoms with Crippen molar-refractivity contribution in [3.63, 3.8) is 0 Å². The molecule has 1 aliphatic heterocycles. The predicted molar refractivity (Wildman–Crippen MR) is 85.4 cm³/mol. The summed E-state index contributed by atoms with van der Waals surface area (Å²) < 4.78 is 5.67. The molecule has 2 aliphatic rings. The largest absolute Gasteiger partial charge is 0.493 e. The number of hydrogen-bond donors (Lipinski definition) is 2. The van der Waals surface area contributed by atoms with E-state index in [2.05, 4.69) is 5.32 Å². The Labute approximate surface area is 136 Å². The molecule has 0 saturated heterocycles. The number of rotatable bonds is 5. The van der Waals surface area contributed by atoms with E-state index in [1.165, 1.54) is 0 Å². The predicted octanol–water partition coefficient (Wildman–Crippen LogP) is 2.34. The van der Waals surface area contributed by atoms with Gasteiger partial charge in [0.1, 0.15) is 11.8 Å². The van der Waals surface area contributed by atoms with Gasteiger partial charge in [0.25, 0.3) is 0 Å². The third kappa shape index (κ3) is 2.92. The van der Waals surface area contributed by atoms with E-state index >= 15 is 0 Å². The number of amides is 1. The number of carbonyl (C=O) groups excluding carboxylic acids is 1. The van der Waals surface area contributed by atoms with Crippen LogP contribution in [-0.2, 0) is 15.0 Å². The number of hydrogen-bond acceptors (Lipinski definition) is 3. The second-order valence-corrected chi connectivity index (χ2v) is 7.04. The molecule has 0 radical (unpaired) electrons. The van der Waals surface area contributed by atoms with Crippen molar-refractivity contribution in [1.29, 1.82) is 0 Å². The van der Waals surface area contributed by atoms with Crippen LogP contribution in [0.5, 0.6) is 5.75 Å². The minimum Gasteiger partial charge on any atom is -0.493 e. The maximum Gasteiger partial charge on any atom is 0.326 e. The van der Waals surface area contributed by atoms with Gasteiger partial charge in [-0.2, -0.15) is 0 Å². The number of aliphatic carboxylic acids is 1. The van der Waals surface area contributed by atoms with Gasteiger partial charge in [0.2, 0.25) is 5.91 Å². The van der Waals surface area contributed by atoms with Gasteiger partial charge in [0.05, 0.1) is 6.61 Å². The standard InChI is InChI=1S/C18H23NO4/c1-11(2)9-14(17(21)22)19-16(20)13-10-18(13)7-8-23-15-6-4-3-5-12(15)18/h3-6,11,13-14H,7-10H2,1-2H3,(H,19,20)(H,21,22)/t13-,14+,18-/m0/s1. The molecular weight excluding hydrogens is 294 g/mol. The van der Waals surface area contributed by atoms with Crippen molar-refractivity contribution in [3.8, 4) is 5.75 Å². The Balaban J connectivity index is 1.73. The molecule has 1 saturated carbocycles. The number of benzene rings is 1. The molecule has 5 nitrogen and oxygen atoms in total. The van der Waals surface area contributed by atoms with Crippen molar-refractivity contribution >= 4 is 11.9 Å². The number of fused-ring (bicyclic) bond motifs is 2. The van der Waals surface area contributed by atoms with E-state index in [0.29, 0.717) is 13.0 Å². The Morgan fingerprint density at radius 1 is 1.39 bits per heavy atom. The second-order valence-electron chi connectivity index (χ2n) is 7.04. The van der Waals surface area contributed by atoms with E-state index in [9.17, 15) is 14.7 Å². The van der Waals surface area contributed by atoms with Gasteiger partial charge in [0.15, 0.2) is 0 Å². The van der Waals surface area contributed by atoms with Crippen molar-refractivity contribution in [3.05, 3.63) is 29.8 Å². The summed E-state index contributed by atoms with van der Waals surface area (Å²) in [5, 5.41) is 12.0. The molecule has 3 rings (SSSR count). The van der Waals surface area contributed by atoms with Crippen molar-refractivity contribution in [2.45, 2.75) is 44.6 Å². The fourth-order valence-electron chi connectivity index (χ4n) is 3.67. The van der Waals surface area contributed by atoms with Crippen LogP contribution in [-0.4, -0.2) is 29.6 Å². The summed E-state index contributed by atoms with van der Waals surface area (Å²) in [6.45, 7) is 4.51. The molecule has 1 heterocycles. The Kier molecular flexibility index (Phi) is 4.04. The average molecular weight is 317 g/mol. The normalized spacial score (nSPS) is 26.3. The molecule has 0 aromatic heterocycles. The van der Waals surface area contributed by atoms with Crippen molar-refractivity contribution < 1.29 is 19.4 Å². The topological polar surface area (TPSA) is 75.6 Å². The SMILES string of the molecule is CC(C)C[C@@H](NC(=O)[C@@H]1C[C@]12CCOc1ccccc12)C(=O)O. The highest BCUT2D eigenvalue weighted by molar-refractivity contribution is 5.88. The Morgan fingerprint density at radius 2 is 2.13 bits per heavy atom.